The molecular formula is C16H19ClN2S. The maximum Gasteiger partial charge on any atom is 0.125 e. The molecule has 1 aromatic carbocycles. The van der Waals surface area contributed by atoms with E-state index in [-0.39, 0.29) is 0 Å². The van der Waals surface area contributed by atoms with Gasteiger partial charge in [-0.1, -0.05) is 36.7 Å². The van der Waals surface area contributed by atoms with Crippen molar-refractivity contribution in [3.8, 4) is 0 Å². The summed E-state index contributed by atoms with van der Waals surface area (Å²) < 4.78 is 0. The summed E-state index contributed by atoms with van der Waals surface area (Å²) in [6, 6.07) is 12.2. The SMILES string of the molecule is CCCNc1ccc(CSCc2ccc(Cl)cc2)cn1. The number of nitrogens with zero attached hydrogens (tertiary/aromatic N) is 1. The number of nitrogens with one attached hydrogen (secondary N) is 1. The van der Waals surface area contributed by atoms with Crippen molar-refractivity contribution >= 4 is 29.2 Å². The van der Waals surface area contributed by atoms with Crippen LogP contribution in [-0.4, -0.2) is 11.5 Å². The third-order valence-electron chi connectivity index (χ3n) is 2.83. The van der Waals surface area contributed by atoms with Crippen LogP contribution in [0.25, 0.3) is 0 Å². The first kappa shape index (κ1) is 15.2. The molecule has 1 aromatic heterocycles. The highest BCUT2D eigenvalue weighted by atomic mass is 35.5. The van der Waals surface area contributed by atoms with Gasteiger partial charge in [0.05, 0.1) is 0 Å². The van der Waals surface area contributed by atoms with E-state index in [1.54, 1.807) is 0 Å². The third-order valence-corrected chi connectivity index (χ3v) is 4.16. The molecular weight excluding hydrogens is 288 g/mol. The fourth-order valence-electron chi connectivity index (χ4n) is 1.73. The van der Waals surface area contributed by atoms with Crippen LogP contribution < -0.4 is 5.32 Å². The Kier molecular flexibility index (Phi) is 6.22. The smallest absolute Gasteiger partial charge is 0.125 e. The molecule has 0 saturated heterocycles. The Balaban J connectivity index is 1.77. The number of halogens is 1. The lowest BCUT2D eigenvalue weighted by molar-refractivity contribution is 0.968. The molecule has 1 heterocycles. The van der Waals surface area contributed by atoms with Crippen LogP contribution in [0.15, 0.2) is 42.6 Å². The van der Waals surface area contributed by atoms with Gasteiger partial charge in [-0.25, -0.2) is 4.98 Å². The fourth-order valence-corrected chi connectivity index (χ4v) is 2.80. The Bertz CT molecular complexity index is 511. The summed E-state index contributed by atoms with van der Waals surface area (Å²) in [6.07, 6.45) is 3.06. The van der Waals surface area contributed by atoms with E-state index in [2.05, 4.69) is 35.4 Å². The van der Waals surface area contributed by atoms with Crippen molar-refractivity contribution < 1.29 is 0 Å². The summed E-state index contributed by atoms with van der Waals surface area (Å²) in [5.41, 5.74) is 2.56. The van der Waals surface area contributed by atoms with Gasteiger partial charge < -0.3 is 5.32 Å². The van der Waals surface area contributed by atoms with Crippen molar-refractivity contribution in [2.24, 2.45) is 0 Å². The molecule has 0 unspecified atom stereocenters. The maximum absolute atomic E-state index is 5.87. The van der Waals surface area contributed by atoms with E-state index in [1.807, 2.05) is 36.2 Å². The summed E-state index contributed by atoms with van der Waals surface area (Å²) in [5.74, 6) is 2.93. The van der Waals surface area contributed by atoms with Gasteiger partial charge in [-0.2, -0.15) is 11.8 Å². The zero-order valence-electron chi connectivity index (χ0n) is 11.6. The van der Waals surface area contributed by atoms with Gasteiger partial charge in [-0.15, -0.1) is 0 Å². The molecule has 2 aromatic rings. The Hall–Kier alpha value is -1.19. The summed E-state index contributed by atoms with van der Waals surface area (Å²) in [7, 11) is 0. The van der Waals surface area contributed by atoms with Crippen LogP contribution >= 0.6 is 23.4 Å². The quantitative estimate of drug-likeness (QED) is 0.780. The van der Waals surface area contributed by atoms with Crippen LogP contribution in [0, 0.1) is 0 Å². The van der Waals surface area contributed by atoms with Crippen molar-refractivity contribution in [2.45, 2.75) is 24.9 Å². The summed E-state index contributed by atoms with van der Waals surface area (Å²) >= 11 is 7.76. The van der Waals surface area contributed by atoms with Crippen LogP contribution in [0.4, 0.5) is 5.82 Å². The second-order valence-electron chi connectivity index (χ2n) is 4.60. The average Bonchev–Trinajstić information content (AvgIpc) is 2.48. The lowest BCUT2D eigenvalue weighted by atomic mass is 10.2. The predicted molar refractivity (Wildman–Crippen MR) is 89.5 cm³/mol. The predicted octanol–water partition coefficient (Wildman–Crippen LogP) is 4.99. The van der Waals surface area contributed by atoms with Crippen LogP contribution in [0.1, 0.15) is 24.5 Å². The van der Waals surface area contributed by atoms with E-state index >= 15 is 0 Å². The second-order valence-corrected chi connectivity index (χ2v) is 6.02. The third kappa shape index (κ3) is 5.06. The zero-order valence-corrected chi connectivity index (χ0v) is 13.2. The normalized spacial score (nSPS) is 10.5. The van der Waals surface area contributed by atoms with Crippen molar-refractivity contribution in [2.75, 3.05) is 11.9 Å². The molecule has 2 rings (SSSR count). The minimum absolute atomic E-state index is 0.790. The van der Waals surface area contributed by atoms with Crippen molar-refractivity contribution in [3.05, 3.63) is 58.7 Å². The Morgan fingerprint density at radius 1 is 1.05 bits per heavy atom. The van der Waals surface area contributed by atoms with Crippen LogP contribution in [-0.2, 0) is 11.5 Å². The second kappa shape index (κ2) is 8.18. The maximum atomic E-state index is 5.87. The van der Waals surface area contributed by atoms with Gasteiger partial charge in [0, 0.05) is 29.3 Å². The van der Waals surface area contributed by atoms with E-state index in [9.17, 15) is 0 Å². The van der Waals surface area contributed by atoms with Gasteiger partial charge >= 0.3 is 0 Å². The molecule has 0 amide bonds. The first-order valence-corrected chi connectivity index (χ1v) is 8.32. The highest BCUT2D eigenvalue weighted by molar-refractivity contribution is 7.97. The molecule has 4 heteroatoms. The van der Waals surface area contributed by atoms with Gasteiger partial charge in [0.2, 0.25) is 0 Å². The number of hydrogen-bond acceptors (Lipinski definition) is 3. The van der Waals surface area contributed by atoms with E-state index < -0.39 is 0 Å². The molecule has 2 nitrogen and oxygen atoms in total. The van der Waals surface area contributed by atoms with E-state index in [0.29, 0.717) is 0 Å². The summed E-state index contributed by atoms with van der Waals surface area (Å²) in [5, 5.41) is 4.07. The minimum atomic E-state index is 0.790. The molecule has 0 saturated carbocycles. The Morgan fingerprint density at radius 3 is 2.40 bits per heavy atom. The Morgan fingerprint density at radius 2 is 1.75 bits per heavy atom. The number of benzene rings is 1. The van der Waals surface area contributed by atoms with Crippen molar-refractivity contribution in [3.63, 3.8) is 0 Å². The lowest BCUT2D eigenvalue weighted by Crippen LogP contribution is -2.01. The lowest BCUT2D eigenvalue weighted by Gasteiger charge is -2.05. The van der Waals surface area contributed by atoms with Gasteiger partial charge in [-0.05, 0) is 35.7 Å². The monoisotopic (exact) mass is 306 g/mol. The van der Waals surface area contributed by atoms with Gasteiger partial charge in [0.1, 0.15) is 5.82 Å². The van der Waals surface area contributed by atoms with Gasteiger partial charge in [0.25, 0.3) is 0 Å². The molecule has 0 atom stereocenters. The molecule has 0 spiro atoms. The van der Waals surface area contributed by atoms with Crippen LogP contribution in [0.5, 0.6) is 0 Å². The standard InChI is InChI=1S/C16H19ClN2S/c1-2-9-18-16-8-5-14(10-19-16)12-20-11-13-3-6-15(17)7-4-13/h3-8,10H,2,9,11-12H2,1H3,(H,18,19). The highest BCUT2D eigenvalue weighted by Gasteiger charge is 1.98. The first-order valence-electron chi connectivity index (χ1n) is 6.79. The molecule has 0 radical (unpaired) electrons. The number of anilines is 1. The largest absolute Gasteiger partial charge is 0.370 e. The minimum Gasteiger partial charge on any atom is -0.370 e. The zero-order chi connectivity index (χ0) is 14.2. The highest BCUT2D eigenvalue weighted by Crippen LogP contribution is 2.19. The average molecular weight is 307 g/mol. The van der Waals surface area contributed by atoms with Crippen molar-refractivity contribution in [1.82, 2.24) is 4.98 Å². The number of thioether (sulfide) groups is 1. The molecule has 0 fully saturated rings. The van der Waals surface area contributed by atoms with Gasteiger partial charge in [0.15, 0.2) is 0 Å². The fraction of sp³-hybridized carbons (Fsp3) is 0.312. The summed E-state index contributed by atoms with van der Waals surface area (Å²) in [4.78, 5) is 4.41. The molecule has 0 aliphatic heterocycles. The topological polar surface area (TPSA) is 24.9 Å². The van der Waals surface area contributed by atoms with Crippen molar-refractivity contribution in [1.29, 1.82) is 0 Å². The van der Waals surface area contributed by atoms with Crippen LogP contribution in [0.2, 0.25) is 5.02 Å². The van der Waals surface area contributed by atoms with E-state index in [1.165, 1.54) is 11.1 Å². The first-order chi connectivity index (χ1) is 9.78. The molecule has 1 N–H and O–H groups in total. The number of pyridine rings is 1. The van der Waals surface area contributed by atoms with E-state index in [4.69, 9.17) is 11.6 Å². The number of rotatable bonds is 7. The Labute approximate surface area is 130 Å². The molecule has 106 valence electrons. The van der Waals surface area contributed by atoms with Gasteiger partial charge in [-0.3, -0.25) is 0 Å². The molecule has 0 aliphatic rings. The molecule has 0 bridgehead atoms. The number of hydrogen-bond donors (Lipinski definition) is 1. The number of aromatic nitrogens is 1. The van der Waals surface area contributed by atoms with E-state index in [0.717, 1.165) is 35.3 Å². The molecule has 0 aliphatic carbocycles. The molecule has 20 heavy (non-hydrogen) atoms. The van der Waals surface area contributed by atoms with Crippen LogP contribution in [0.3, 0.4) is 0 Å². The summed E-state index contributed by atoms with van der Waals surface area (Å²) in [6.45, 7) is 3.12.